The third kappa shape index (κ3) is 5.06. The van der Waals surface area contributed by atoms with Gasteiger partial charge >= 0.3 is 29.6 Å². The van der Waals surface area contributed by atoms with Gasteiger partial charge in [-0.3, -0.25) is 14.5 Å². The largest absolute Gasteiger partial charge is 1.00 e. The fourth-order valence-electron chi connectivity index (χ4n) is 3.26. The van der Waals surface area contributed by atoms with Crippen molar-refractivity contribution in [3.8, 4) is 0 Å². The summed E-state index contributed by atoms with van der Waals surface area (Å²) >= 11 is 3.63. The van der Waals surface area contributed by atoms with Crippen LogP contribution in [0.4, 0.5) is 5.13 Å². The Morgan fingerprint density at radius 3 is 2.85 bits per heavy atom. The number of β-lactam (4-membered cyclic amide) rings is 1. The van der Waals surface area contributed by atoms with Gasteiger partial charge in [-0.15, -0.1) is 34.4 Å². The zero-order chi connectivity index (χ0) is 26.2. The van der Waals surface area contributed by atoms with Gasteiger partial charge in [0.15, 0.2) is 10.8 Å². The third-order valence-corrected chi connectivity index (χ3v) is 7.69. The number of nitrogen functional groups attached to an aromatic ring is 1. The molecule has 0 saturated carbocycles. The first-order chi connectivity index (χ1) is 17.0. The molecule has 11 nitrogen and oxygen atoms in total. The smallest absolute Gasteiger partial charge is 0.543 e. The van der Waals surface area contributed by atoms with Crippen molar-refractivity contribution in [1.82, 2.24) is 20.2 Å². The first kappa shape index (κ1) is 22.2. The van der Waals surface area contributed by atoms with Crippen molar-refractivity contribution in [2.75, 3.05) is 18.5 Å². The molecule has 2 aromatic heterocycles. The maximum atomic E-state index is 12.9. The second-order valence-electron chi connectivity index (χ2n) is 6.76. The van der Waals surface area contributed by atoms with Gasteiger partial charge in [-0.2, -0.15) is 0 Å². The number of carbonyl (C=O) groups is 3. The van der Waals surface area contributed by atoms with Gasteiger partial charge in [0.25, 0.3) is 11.8 Å². The minimum atomic E-state index is -2.93. The number of aryl methyl sites for hydroxylation is 1. The second-order valence-corrected chi connectivity index (χ2v) is 9.64. The van der Waals surface area contributed by atoms with Crippen LogP contribution < -0.4 is 45.7 Å². The van der Waals surface area contributed by atoms with Gasteiger partial charge < -0.3 is 25.8 Å². The first-order valence-corrected chi connectivity index (χ1v) is 12.0. The van der Waals surface area contributed by atoms with E-state index in [-0.39, 0.29) is 51.8 Å². The van der Waals surface area contributed by atoms with E-state index in [1.807, 2.05) is 6.92 Å². The number of thioether (sulfide) groups is 1. The fourth-order valence-corrected chi connectivity index (χ4v) is 5.82. The van der Waals surface area contributed by atoms with Crippen molar-refractivity contribution in [2.45, 2.75) is 18.3 Å². The number of oxime groups is 1. The monoisotopic (exact) mass is 531 g/mol. The number of fused-ring (bicyclic) bond motifs is 1. The van der Waals surface area contributed by atoms with Crippen molar-refractivity contribution in [3.05, 3.63) is 44.5 Å². The van der Waals surface area contributed by atoms with E-state index in [1.54, 1.807) is 17.7 Å². The van der Waals surface area contributed by atoms with Gasteiger partial charge in [0.1, 0.15) is 24.1 Å². The van der Waals surface area contributed by atoms with Gasteiger partial charge in [0.2, 0.25) is 0 Å². The van der Waals surface area contributed by atoms with E-state index in [2.05, 4.69) is 25.3 Å². The maximum absolute atomic E-state index is 12.9. The summed E-state index contributed by atoms with van der Waals surface area (Å²) in [6, 6.07) is -1.10. The van der Waals surface area contributed by atoms with Gasteiger partial charge in [0, 0.05) is 16.0 Å². The number of rotatable bonds is 7. The zero-order valence-electron chi connectivity index (χ0n) is 20.8. The summed E-state index contributed by atoms with van der Waals surface area (Å²) in [6.07, 6.45) is 3.33. The van der Waals surface area contributed by atoms with Crippen molar-refractivity contribution in [1.29, 1.82) is 0 Å². The molecule has 0 radical (unpaired) electrons. The number of carboxylic acids is 1. The Balaban J connectivity index is 0.00000380. The molecule has 2 aliphatic heterocycles. The van der Waals surface area contributed by atoms with E-state index in [4.69, 9.17) is 9.85 Å². The Morgan fingerprint density at radius 1 is 1.44 bits per heavy atom. The Kier molecular flexibility index (Phi) is 7.20. The molecule has 2 atom stereocenters. The number of nitrogens with two attached hydrogens (primary N) is 1. The molecule has 0 spiro atoms. The molecular weight excluding hydrogens is 511 g/mol. The summed E-state index contributed by atoms with van der Waals surface area (Å²) in [7, 11) is -2.93. The normalized spacial score (nSPS) is 21.7. The molecule has 0 bridgehead atoms. The number of nitrogens with zero attached hydrogens (tertiary/aromatic N) is 4. The van der Waals surface area contributed by atoms with Crippen LogP contribution in [0.15, 0.2) is 33.4 Å². The number of nitrogens with one attached hydrogen (secondary N) is 1. The predicted molar refractivity (Wildman–Crippen MR) is 123 cm³/mol. The van der Waals surface area contributed by atoms with Gasteiger partial charge in [0.05, 0.1) is 27.0 Å². The molecule has 0 aliphatic carbocycles. The number of allylic oxidation sites excluding steroid dienone is 1. The van der Waals surface area contributed by atoms with E-state index >= 15 is 0 Å². The van der Waals surface area contributed by atoms with Crippen LogP contribution in [-0.4, -0.2) is 62.6 Å². The van der Waals surface area contributed by atoms with E-state index in [1.165, 1.54) is 28.5 Å². The third-order valence-electron chi connectivity index (χ3n) is 4.81. The number of thiazole rings is 2. The molecule has 34 heavy (non-hydrogen) atoms. The molecule has 2 aromatic rings. The Morgan fingerprint density at radius 2 is 2.24 bits per heavy atom. The minimum Gasteiger partial charge on any atom is -0.543 e. The van der Waals surface area contributed by atoms with Crippen molar-refractivity contribution >= 4 is 69.1 Å². The molecule has 15 heteroatoms. The Bertz CT molecular complexity index is 1320. The fraction of sp³-hybridized carbons (Fsp3) is 0.263. The van der Waals surface area contributed by atoms with Crippen LogP contribution >= 0.6 is 34.4 Å². The number of anilines is 1. The summed E-state index contributed by atoms with van der Waals surface area (Å²) < 4.78 is 21.4. The molecule has 3 N–H and O–H groups in total. The molecule has 4 rings (SSSR count). The topological polar surface area (TPSA) is 163 Å². The van der Waals surface area contributed by atoms with Gasteiger partial charge in [-0.05, 0) is 18.6 Å². The van der Waals surface area contributed by atoms with Crippen molar-refractivity contribution in [2.24, 2.45) is 5.16 Å². The Labute approximate surface area is 232 Å². The molecular formula is C19H17N6NaO5S3. The number of hydrogen-bond donors (Lipinski definition) is 2. The Hall–Kier alpha value is -2.23. The zero-order valence-corrected chi connectivity index (χ0v) is 22.3. The van der Waals surface area contributed by atoms with Crippen LogP contribution in [0.2, 0.25) is 0 Å². The standard InChI is InChI=1S/C19H18N6O5S3.Na/c1-8-11(33-7-21-8)4-3-9-5-31-17-13(16(27)25(17)14(9)18(28)29)23-15(26)12(24-30-2)10-6-32-19(20)22-10;/h3-4,6-7,13,17H,5H2,1-2H3,(H2,20,22)(H,23,26)(H,28,29);/q;+1/p-1/b4-3-,24-12+;/t13-,17-;/m1./s1/i2D3;. The van der Waals surface area contributed by atoms with Crippen LogP contribution in [0.25, 0.3) is 6.08 Å². The van der Waals surface area contributed by atoms with Crippen LogP contribution in [-0.2, 0) is 19.2 Å². The molecule has 1 saturated heterocycles. The molecule has 2 aliphatic rings. The SMILES string of the molecule is [2H]C([2H])([2H])O/N=C(/C(=O)N[C@@H]1C(=O)N2C(C(=O)[O-])=C(/C=C\c3scnc3C)CS[C@H]12)c1csc(N)n1.[Na+]. The van der Waals surface area contributed by atoms with E-state index in [0.29, 0.717) is 5.57 Å². The van der Waals surface area contributed by atoms with Crippen LogP contribution in [0, 0.1) is 6.92 Å². The quantitative estimate of drug-likeness (QED) is 0.164. The van der Waals surface area contributed by atoms with Crippen molar-refractivity contribution < 1.29 is 58.0 Å². The number of amides is 2. The maximum Gasteiger partial charge on any atom is 1.00 e. The summed E-state index contributed by atoms with van der Waals surface area (Å²) in [4.78, 5) is 52.1. The average molecular weight is 532 g/mol. The molecule has 0 unspecified atom stereocenters. The number of aromatic nitrogens is 2. The molecule has 172 valence electrons. The number of carbonyl (C=O) groups excluding carboxylic acids is 3. The predicted octanol–water partition coefficient (Wildman–Crippen LogP) is -3.04. The summed E-state index contributed by atoms with van der Waals surface area (Å²) in [6.45, 7) is 1.82. The van der Waals surface area contributed by atoms with Crippen molar-refractivity contribution in [3.63, 3.8) is 0 Å². The summed E-state index contributed by atoms with van der Waals surface area (Å²) in [5.41, 5.74) is 7.62. The van der Waals surface area contributed by atoms with E-state index < -0.39 is 41.9 Å². The number of hydrogen-bond acceptors (Lipinski definition) is 12. The number of carboxylic acid groups (broad SMARTS) is 1. The van der Waals surface area contributed by atoms with Crippen LogP contribution in [0.1, 0.15) is 20.4 Å². The average Bonchev–Trinajstić information content (AvgIpc) is 3.42. The minimum absolute atomic E-state index is 0. The molecule has 2 amide bonds. The number of aliphatic carboxylic acids is 1. The molecule has 4 heterocycles. The van der Waals surface area contributed by atoms with Gasteiger partial charge in [-0.1, -0.05) is 11.2 Å². The van der Waals surface area contributed by atoms with E-state index in [0.717, 1.165) is 26.8 Å². The second kappa shape index (κ2) is 11.0. The summed E-state index contributed by atoms with van der Waals surface area (Å²) in [5.74, 6) is -2.89. The van der Waals surface area contributed by atoms with Gasteiger partial charge in [-0.25, -0.2) is 9.97 Å². The van der Waals surface area contributed by atoms with E-state index in [9.17, 15) is 19.5 Å². The first-order valence-electron chi connectivity index (χ1n) is 10.7. The molecule has 1 fully saturated rings. The van der Waals surface area contributed by atoms with Crippen LogP contribution in [0.5, 0.6) is 0 Å². The van der Waals surface area contributed by atoms with Crippen LogP contribution in [0.3, 0.4) is 0 Å². The molecule has 0 aromatic carbocycles. The summed E-state index contributed by atoms with van der Waals surface area (Å²) in [5, 5.41) is 18.5.